The van der Waals surface area contributed by atoms with E-state index < -0.39 is 5.97 Å². The number of aromatic nitrogens is 2. The Morgan fingerprint density at radius 1 is 1.41 bits per heavy atom. The van der Waals surface area contributed by atoms with Crippen molar-refractivity contribution in [1.82, 2.24) is 9.97 Å². The molecule has 0 saturated heterocycles. The predicted molar refractivity (Wildman–Crippen MR) is 65.8 cm³/mol. The number of nitrogens with one attached hydrogen (secondary N) is 1. The molecule has 94 valence electrons. The fraction of sp³-hybridized carbons (Fsp3) is 0.583. The van der Waals surface area contributed by atoms with Crippen LogP contribution in [0.1, 0.15) is 33.1 Å². The SMILES string of the molecule is CC(CCCC(C)C(=O)O)Nc1cnccn1. The van der Waals surface area contributed by atoms with E-state index in [1.165, 1.54) is 0 Å². The fourth-order valence-corrected chi connectivity index (χ4v) is 1.55. The van der Waals surface area contributed by atoms with Crippen molar-refractivity contribution in [2.45, 2.75) is 39.2 Å². The molecule has 0 aliphatic heterocycles. The third kappa shape index (κ3) is 5.29. The van der Waals surface area contributed by atoms with Crippen molar-refractivity contribution < 1.29 is 9.90 Å². The Morgan fingerprint density at radius 2 is 2.18 bits per heavy atom. The molecular formula is C12H19N3O2. The third-order valence-electron chi connectivity index (χ3n) is 2.65. The summed E-state index contributed by atoms with van der Waals surface area (Å²) in [7, 11) is 0. The van der Waals surface area contributed by atoms with E-state index in [1.807, 2.05) is 0 Å². The predicted octanol–water partition coefficient (Wildman–Crippen LogP) is 2.17. The van der Waals surface area contributed by atoms with Crippen molar-refractivity contribution in [2.24, 2.45) is 5.92 Å². The zero-order valence-corrected chi connectivity index (χ0v) is 10.3. The number of nitrogens with zero attached hydrogens (tertiary/aromatic N) is 2. The number of hydrogen-bond acceptors (Lipinski definition) is 4. The molecule has 0 saturated carbocycles. The van der Waals surface area contributed by atoms with Crippen molar-refractivity contribution in [3.8, 4) is 0 Å². The van der Waals surface area contributed by atoms with Crippen molar-refractivity contribution in [1.29, 1.82) is 0 Å². The molecule has 2 atom stereocenters. The van der Waals surface area contributed by atoms with Crippen LogP contribution in [0.25, 0.3) is 0 Å². The van der Waals surface area contributed by atoms with E-state index in [-0.39, 0.29) is 12.0 Å². The number of carboxylic acids is 1. The standard InChI is InChI=1S/C12H19N3O2/c1-9(12(16)17)4-3-5-10(2)15-11-8-13-6-7-14-11/h6-10H,3-5H2,1-2H3,(H,14,15)(H,16,17). The lowest BCUT2D eigenvalue weighted by molar-refractivity contribution is -0.141. The fourth-order valence-electron chi connectivity index (χ4n) is 1.55. The van der Waals surface area contributed by atoms with Crippen LogP contribution in [0, 0.1) is 5.92 Å². The summed E-state index contributed by atoms with van der Waals surface area (Å²) >= 11 is 0. The van der Waals surface area contributed by atoms with Crippen LogP contribution in [0.4, 0.5) is 5.82 Å². The van der Waals surface area contributed by atoms with Crippen LogP contribution in [0.15, 0.2) is 18.6 Å². The van der Waals surface area contributed by atoms with E-state index in [0.717, 1.165) is 18.7 Å². The first-order valence-electron chi connectivity index (χ1n) is 5.85. The monoisotopic (exact) mass is 237 g/mol. The molecule has 1 heterocycles. The molecule has 1 aromatic heterocycles. The first-order valence-corrected chi connectivity index (χ1v) is 5.85. The van der Waals surface area contributed by atoms with E-state index in [4.69, 9.17) is 5.11 Å². The van der Waals surface area contributed by atoms with Gasteiger partial charge >= 0.3 is 5.97 Å². The summed E-state index contributed by atoms with van der Waals surface area (Å²) in [5.41, 5.74) is 0. The smallest absolute Gasteiger partial charge is 0.306 e. The molecule has 0 radical (unpaired) electrons. The Kier molecular flexibility index (Phi) is 5.39. The van der Waals surface area contributed by atoms with E-state index in [9.17, 15) is 4.79 Å². The van der Waals surface area contributed by atoms with Crippen LogP contribution in [0.5, 0.6) is 0 Å². The van der Waals surface area contributed by atoms with Gasteiger partial charge in [-0.25, -0.2) is 4.98 Å². The summed E-state index contributed by atoms with van der Waals surface area (Å²) in [4.78, 5) is 18.7. The summed E-state index contributed by atoms with van der Waals surface area (Å²) in [6.07, 6.45) is 7.47. The Bertz CT molecular complexity index is 343. The zero-order chi connectivity index (χ0) is 12.7. The van der Waals surface area contributed by atoms with Crippen LogP contribution < -0.4 is 5.32 Å². The van der Waals surface area contributed by atoms with Gasteiger partial charge in [0, 0.05) is 18.4 Å². The van der Waals surface area contributed by atoms with Gasteiger partial charge in [0.15, 0.2) is 0 Å². The molecule has 0 aromatic carbocycles. The minimum atomic E-state index is -0.723. The summed E-state index contributed by atoms with van der Waals surface area (Å²) < 4.78 is 0. The van der Waals surface area contributed by atoms with Crippen molar-refractivity contribution in [3.05, 3.63) is 18.6 Å². The minimum Gasteiger partial charge on any atom is -0.481 e. The van der Waals surface area contributed by atoms with Crippen molar-refractivity contribution in [3.63, 3.8) is 0 Å². The van der Waals surface area contributed by atoms with Gasteiger partial charge in [0.2, 0.25) is 0 Å². The lowest BCUT2D eigenvalue weighted by Gasteiger charge is -2.14. The molecule has 0 fully saturated rings. The number of aliphatic carboxylic acids is 1. The van der Waals surface area contributed by atoms with Crippen molar-refractivity contribution in [2.75, 3.05) is 5.32 Å². The molecule has 17 heavy (non-hydrogen) atoms. The summed E-state index contributed by atoms with van der Waals surface area (Å²) in [5, 5.41) is 12.0. The average Bonchev–Trinajstić information content (AvgIpc) is 2.30. The number of carboxylic acid groups (broad SMARTS) is 1. The molecule has 1 rings (SSSR count). The molecule has 0 amide bonds. The second-order valence-corrected chi connectivity index (χ2v) is 4.31. The van der Waals surface area contributed by atoms with E-state index in [0.29, 0.717) is 6.42 Å². The second-order valence-electron chi connectivity index (χ2n) is 4.31. The molecule has 5 nitrogen and oxygen atoms in total. The topological polar surface area (TPSA) is 75.1 Å². The van der Waals surface area contributed by atoms with Crippen LogP contribution in [-0.4, -0.2) is 27.1 Å². The van der Waals surface area contributed by atoms with Gasteiger partial charge in [0.25, 0.3) is 0 Å². The van der Waals surface area contributed by atoms with Gasteiger partial charge in [0.1, 0.15) is 5.82 Å². The normalized spacial score (nSPS) is 14.0. The maximum atomic E-state index is 10.6. The summed E-state index contributed by atoms with van der Waals surface area (Å²) in [6.45, 7) is 3.79. The number of hydrogen-bond donors (Lipinski definition) is 2. The molecule has 2 N–H and O–H groups in total. The van der Waals surface area contributed by atoms with Gasteiger partial charge < -0.3 is 10.4 Å². The Labute approximate surface area is 101 Å². The van der Waals surface area contributed by atoms with Gasteiger partial charge in [-0.2, -0.15) is 0 Å². The van der Waals surface area contributed by atoms with Gasteiger partial charge in [-0.15, -0.1) is 0 Å². The molecule has 1 aromatic rings. The lowest BCUT2D eigenvalue weighted by Crippen LogP contribution is -2.17. The quantitative estimate of drug-likeness (QED) is 0.760. The summed E-state index contributed by atoms with van der Waals surface area (Å²) in [5.74, 6) is -0.232. The van der Waals surface area contributed by atoms with Gasteiger partial charge in [-0.05, 0) is 19.8 Å². The Morgan fingerprint density at radius 3 is 2.76 bits per heavy atom. The summed E-state index contributed by atoms with van der Waals surface area (Å²) in [6, 6.07) is 0.271. The largest absolute Gasteiger partial charge is 0.481 e. The van der Waals surface area contributed by atoms with Crippen LogP contribution in [-0.2, 0) is 4.79 Å². The van der Waals surface area contributed by atoms with Crippen molar-refractivity contribution >= 4 is 11.8 Å². The molecule has 0 aliphatic rings. The number of carbonyl (C=O) groups is 1. The number of anilines is 1. The molecule has 0 spiro atoms. The highest BCUT2D eigenvalue weighted by Gasteiger charge is 2.11. The molecule has 2 unspecified atom stereocenters. The highest BCUT2D eigenvalue weighted by Crippen LogP contribution is 2.11. The Hall–Kier alpha value is -1.65. The third-order valence-corrected chi connectivity index (χ3v) is 2.65. The Balaban J connectivity index is 2.22. The maximum Gasteiger partial charge on any atom is 0.306 e. The molecule has 5 heteroatoms. The minimum absolute atomic E-state index is 0.265. The van der Waals surface area contributed by atoms with Crippen LogP contribution in [0.2, 0.25) is 0 Å². The van der Waals surface area contributed by atoms with Crippen LogP contribution in [0.3, 0.4) is 0 Å². The average molecular weight is 237 g/mol. The van der Waals surface area contributed by atoms with Crippen LogP contribution >= 0.6 is 0 Å². The zero-order valence-electron chi connectivity index (χ0n) is 10.3. The first-order chi connectivity index (χ1) is 8.09. The first kappa shape index (κ1) is 13.4. The molecule has 0 aliphatic carbocycles. The second kappa shape index (κ2) is 6.83. The highest BCUT2D eigenvalue weighted by molar-refractivity contribution is 5.69. The van der Waals surface area contributed by atoms with E-state index in [1.54, 1.807) is 25.5 Å². The van der Waals surface area contributed by atoms with E-state index >= 15 is 0 Å². The van der Waals surface area contributed by atoms with Gasteiger partial charge in [0.05, 0.1) is 12.1 Å². The maximum absolute atomic E-state index is 10.6. The molecule has 0 bridgehead atoms. The van der Waals surface area contributed by atoms with Gasteiger partial charge in [-0.1, -0.05) is 13.3 Å². The molecular weight excluding hydrogens is 218 g/mol. The lowest BCUT2D eigenvalue weighted by atomic mass is 10.0. The van der Waals surface area contributed by atoms with Gasteiger partial charge in [-0.3, -0.25) is 9.78 Å². The number of rotatable bonds is 7. The van der Waals surface area contributed by atoms with E-state index in [2.05, 4.69) is 22.2 Å². The highest BCUT2D eigenvalue weighted by atomic mass is 16.4.